The molecule has 0 aromatic carbocycles. The van der Waals surface area contributed by atoms with Crippen LogP contribution in [0.3, 0.4) is 0 Å². The second kappa shape index (κ2) is 6.88. The smallest absolute Gasteiger partial charge is 0.229 e. The van der Waals surface area contributed by atoms with Crippen LogP contribution >= 0.6 is 0 Å². The lowest BCUT2D eigenvalue weighted by molar-refractivity contribution is 0.148. The van der Waals surface area contributed by atoms with Crippen LogP contribution in [-0.2, 0) is 20.1 Å². The summed E-state index contributed by atoms with van der Waals surface area (Å²) in [6.45, 7) is 6.15. The van der Waals surface area contributed by atoms with Gasteiger partial charge in [0.05, 0.1) is 5.69 Å². The van der Waals surface area contributed by atoms with Gasteiger partial charge in [-0.05, 0) is 39.7 Å². The maximum atomic E-state index is 5.36. The normalized spacial score (nSPS) is 24.2. The van der Waals surface area contributed by atoms with E-state index in [2.05, 4.69) is 38.3 Å². The van der Waals surface area contributed by atoms with Gasteiger partial charge in [0, 0.05) is 56.9 Å². The lowest BCUT2D eigenvalue weighted by Gasteiger charge is -2.34. The fourth-order valence-electron chi connectivity index (χ4n) is 4.24. The zero-order valence-corrected chi connectivity index (χ0v) is 15.5. The summed E-state index contributed by atoms with van der Waals surface area (Å²) in [4.78, 5) is 9.44. The molecule has 4 rings (SSSR count). The highest BCUT2D eigenvalue weighted by Gasteiger charge is 2.29. The molecule has 2 aromatic rings. The molecule has 0 spiro atoms. The number of aryl methyl sites for hydroxylation is 2. The monoisotopic (exact) mass is 344 g/mol. The number of hydrogen-bond acceptors (Lipinski definition) is 6. The fraction of sp³-hybridized carbons (Fsp3) is 0.722. The van der Waals surface area contributed by atoms with Gasteiger partial charge >= 0.3 is 0 Å². The Kier molecular flexibility index (Phi) is 4.60. The quantitative estimate of drug-likeness (QED) is 0.827. The standard InChI is InChI=1S/C18H28N6O/c1-13-19-18(25-21-13)14-4-6-16(7-5-14)22(2)8-9-24-11-15-10-23(3)20-17(15)12-24/h10,14,16H,4-9,11-12H2,1-3H3. The molecule has 0 atom stereocenters. The van der Waals surface area contributed by atoms with E-state index >= 15 is 0 Å². The van der Waals surface area contributed by atoms with E-state index < -0.39 is 0 Å². The molecule has 136 valence electrons. The molecule has 0 saturated heterocycles. The van der Waals surface area contributed by atoms with E-state index in [1.54, 1.807) is 0 Å². The predicted molar refractivity (Wildman–Crippen MR) is 94.0 cm³/mol. The van der Waals surface area contributed by atoms with E-state index in [1.165, 1.54) is 24.1 Å². The van der Waals surface area contributed by atoms with Crippen LogP contribution in [-0.4, -0.2) is 55.9 Å². The minimum atomic E-state index is 0.450. The van der Waals surface area contributed by atoms with Crippen LogP contribution in [0.5, 0.6) is 0 Å². The first-order valence-corrected chi connectivity index (χ1v) is 9.32. The highest BCUT2D eigenvalue weighted by molar-refractivity contribution is 5.21. The molecule has 7 nitrogen and oxygen atoms in total. The molecule has 2 aromatic heterocycles. The zero-order chi connectivity index (χ0) is 17.4. The third kappa shape index (κ3) is 3.62. The first kappa shape index (κ1) is 16.7. The van der Waals surface area contributed by atoms with Gasteiger partial charge < -0.3 is 9.42 Å². The van der Waals surface area contributed by atoms with Crippen LogP contribution in [0.15, 0.2) is 10.7 Å². The summed E-state index contributed by atoms with van der Waals surface area (Å²) in [5.74, 6) is 2.03. The lowest BCUT2D eigenvalue weighted by Crippen LogP contribution is -2.39. The van der Waals surface area contributed by atoms with E-state index in [4.69, 9.17) is 4.52 Å². The summed E-state index contributed by atoms with van der Waals surface area (Å²) >= 11 is 0. The molecule has 3 heterocycles. The molecule has 2 aliphatic rings. The molecule has 25 heavy (non-hydrogen) atoms. The molecule has 0 unspecified atom stereocenters. The predicted octanol–water partition coefficient (Wildman–Crippen LogP) is 2.09. The molecule has 0 amide bonds. The second-order valence-electron chi connectivity index (χ2n) is 7.65. The van der Waals surface area contributed by atoms with Crippen molar-refractivity contribution in [3.63, 3.8) is 0 Å². The zero-order valence-electron chi connectivity index (χ0n) is 15.5. The van der Waals surface area contributed by atoms with Crippen LogP contribution in [0.1, 0.15) is 54.6 Å². The topological polar surface area (TPSA) is 63.2 Å². The van der Waals surface area contributed by atoms with E-state index in [-0.39, 0.29) is 0 Å². The Hall–Kier alpha value is -1.73. The van der Waals surface area contributed by atoms with Crippen molar-refractivity contribution in [1.82, 2.24) is 29.7 Å². The number of nitrogens with zero attached hydrogens (tertiary/aromatic N) is 6. The van der Waals surface area contributed by atoms with Gasteiger partial charge in [-0.15, -0.1) is 0 Å². The highest BCUT2D eigenvalue weighted by atomic mass is 16.5. The average molecular weight is 344 g/mol. The second-order valence-corrected chi connectivity index (χ2v) is 7.65. The van der Waals surface area contributed by atoms with Gasteiger partial charge in [0.25, 0.3) is 0 Å². The molecule has 7 heteroatoms. The van der Waals surface area contributed by atoms with Crippen molar-refractivity contribution in [1.29, 1.82) is 0 Å². The molecule has 1 saturated carbocycles. The summed E-state index contributed by atoms with van der Waals surface area (Å²) < 4.78 is 7.28. The maximum absolute atomic E-state index is 5.36. The van der Waals surface area contributed by atoms with Crippen molar-refractivity contribution in [3.05, 3.63) is 29.2 Å². The minimum Gasteiger partial charge on any atom is -0.339 e. The highest BCUT2D eigenvalue weighted by Crippen LogP contribution is 2.33. The van der Waals surface area contributed by atoms with Gasteiger partial charge in [-0.25, -0.2) is 0 Å². The third-order valence-corrected chi connectivity index (χ3v) is 5.74. The summed E-state index contributed by atoms with van der Waals surface area (Å²) in [5, 5.41) is 8.47. The SMILES string of the molecule is Cc1noc(C2CCC(N(C)CCN3Cc4cn(C)nc4C3)CC2)n1. The van der Waals surface area contributed by atoms with Crippen molar-refractivity contribution < 1.29 is 4.52 Å². The summed E-state index contributed by atoms with van der Waals surface area (Å²) in [6.07, 6.45) is 6.88. The van der Waals surface area contributed by atoms with Crippen molar-refractivity contribution in [2.24, 2.45) is 7.05 Å². The van der Waals surface area contributed by atoms with E-state index in [9.17, 15) is 0 Å². The van der Waals surface area contributed by atoms with Crippen LogP contribution in [0.25, 0.3) is 0 Å². The Labute approximate surface area is 149 Å². The van der Waals surface area contributed by atoms with E-state index in [1.807, 2.05) is 18.7 Å². The molecule has 1 fully saturated rings. The van der Waals surface area contributed by atoms with Gasteiger partial charge in [-0.2, -0.15) is 10.1 Å². The summed E-state index contributed by atoms with van der Waals surface area (Å²) in [5.41, 5.74) is 2.64. The average Bonchev–Trinajstić information content (AvgIpc) is 3.27. The van der Waals surface area contributed by atoms with Crippen LogP contribution in [0.2, 0.25) is 0 Å². The van der Waals surface area contributed by atoms with E-state index in [0.717, 1.165) is 50.7 Å². The Balaban J connectivity index is 1.22. The number of hydrogen-bond donors (Lipinski definition) is 0. The molecule has 0 N–H and O–H groups in total. The molecule has 1 aliphatic carbocycles. The number of aromatic nitrogens is 4. The Bertz CT molecular complexity index is 691. The van der Waals surface area contributed by atoms with E-state index in [0.29, 0.717) is 12.0 Å². The summed E-state index contributed by atoms with van der Waals surface area (Å²) in [6, 6.07) is 0.671. The van der Waals surface area contributed by atoms with Crippen molar-refractivity contribution in [2.45, 2.75) is 57.7 Å². The Morgan fingerprint density at radius 2 is 2.04 bits per heavy atom. The fourth-order valence-corrected chi connectivity index (χ4v) is 4.24. The first-order valence-electron chi connectivity index (χ1n) is 9.32. The first-order chi connectivity index (χ1) is 12.1. The van der Waals surface area contributed by atoms with Gasteiger partial charge in [-0.1, -0.05) is 5.16 Å². The van der Waals surface area contributed by atoms with Gasteiger partial charge in [0.1, 0.15) is 0 Å². The molecule has 0 radical (unpaired) electrons. The third-order valence-electron chi connectivity index (χ3n) is 5.74. The van der Waals surface area contributed by atoms with Crippen LogP contribution in [0, 0.1) is 6.92 Å². The maximum Gasteiger partial charge on any atom is 0.229 e. The van der Waals surface area contributed by atoms with Crippen molar-refractivity contribution in [3.8, 4) is 0 Å². The van der Waals surface area contributed by atoms with Gasteiger partial charge in [-0.3, -0.25) is 9.58 Å². The van der Waals surface area contributed by atoms with Gasteiger partial charge in [0.15, 0.2) is 5.82 Å². The molecular formula is C18H28N6O. The minimum absolute atomic E-state index is 0.450. The molecule has 1 aliphatic heterocycles. The number of likely N-dealkylation sites (N-methyl/N-ethyl adjacent to an activating group) is 1. The van der Waals surface area contributed by atoms with Crippen molar-refractivity contribution >= 4 is 0 Å². The largest absolute Gasteiger partial charge is 0.339 e. The Morgan fingerprint density at radius 1 is 1.24 bits per heavy atom. The number of rotatable bonds is 5. The van der Waals surface area contributed by atoms with Crippen molar-refractivity contribution in [2.75, 3.05) is 20.1 Å². The summed E-state index contributed by atoms with van der Waals surface area (Å²) in [7, 11) is 4.27. The lowest BCUT2D eigenvalue weighted by atomic mass is 9.85. The molecular weight excluding hydrogens is 316 g/mol. The molecule has 0 bridgehead atoms. The van der Waals surface area contributed by atoms with Gasteiger partial charge in [0.2, 0.25) is 5.89 Å². The number of fused-ring (bicyclic) bond motifs is 1. The van der Waals surface area contributed by atoms with Crippen LogP contribution in [0.4, 0.5) is 0 Å². The Morgan fingerprint density at radius 3 is 2.72 bits per heavy atom. The van der Waals surface area contributed by atoms with Crippen LogP contribution < -0.4 is 0 Å².